The van der Waals surface area contributed by atoms with Crippen LogP contribution in [0.25, 0.3) is 0 Å². The first-order valence-corrected chi connectivity index (χ1v) is 5.66. The van der Waals surface area contributed by atoms with E-state index in [1.165, 1.54) is 0 Å². The second-order valence-electron chi connectivity index (χ2n) is 2.31. The SMILES string of the molecule is [Ca+2].[Ca+2].[Ca+2].[Ca+2].[Ca+2].[Ca+2].[Ca+2].[Ca+2].[Ca+2].[Ca+2].[Ca+2].[Ca+2].[O-]B([O-])[O-].[O-]B([O-])[O-].[O-]B([O-])[O-].[O-]B([O-])[O-].[O-]B([O-])[O-].[O-]B([O-])[O-].[O-]B([O-])[O-].[O-]B([O-])[O-]. The topological polar surface area (TPSA) is 553 Å². The van der Waals surface area contributed by atoms with E-state index in [1.54, 1.807) is 0 Å². The zero-order valence-corrected chi connectivity index (χ0v) is 49.4. The molecule has 0 N–H and O–H groups in total. The third-order valence-corrected chi connectivity index (χ3v) is 0. The van der Waals surface area contributed by atoms with Crippen LogP contribution in [0.5, 0.6) is 0 Å². The number of rotatable bonds is 0. The van der Waals surface area contributed by atoms with Crippen LogP contribution in [0.2, 0.25) is 0 Å². The van der Waals surface area contributed by atoms with Gasteiger partial charge in [0.2, 0.25) is 0 Å². The van der Waals surface area contributed by atoms with Gasteiger partial charge in [-0.25, -0.2) is 0 Å². The maximum Gasteiger partial charge on any atom is 2.00 e. The van der Waals surface area contributed by atoms with E-state index in [9.17, 15) is 0 Å². The van der Waals surface area contributed by atoms with Gasteiger partial charge in [-0.2, -0.15) is 0 Å². The Bertz CT molecular complexity index is 173. The Morgan fingerprint density at radius 3 is 0.114 bits per heavy atom. The Kier molecular flexibility index (Phi) is 367. The molecule has 0 atom stereocenters. The molecule has 0 rings (SSSR count). The van der Waals surface area contributed by atoms with Crippen LogP contribution in [-0.2, 0) is 0 Å². The van der Waals surface area contributed by atoms with Gasteiger partial charge < -0.3 is 121 Å². The van der Waals surface area contributed by atoms with Crippen LogP contribution in [0.3, 0.4) is 0 Å². The third-order valence-electron chi connectivity index (χ3n) is 0. The van der Waals surface area contributed by atoms with Crippen LogP contribution in [0.1, 0.15) is 0 Å². The molecular weight excluding hydrogens is 951 g/mol. The van der Waals surface area contributed by atoms with E-state index >= 15 is 0 Å². The van der Waals surface area contributed by atoms with Crippen molar-refractivity contribution in [1.82, 2.24) is 0 Å². The van der Waals surface area contributed by atoms with Crippen LogP contribution in [-0.4, -0.2) is 511 Å². The Morgan fingerprint density at radius 1 is 0.114 bits per heavy atom. The standard InChI is InChI=1S/8BO3.12Ca/c8*2-1(3)4;;;;;;;;;;;;/q8*-3;12*+2. The predicted molar refractivity (Wildman–Crippen MR) is 115 cm³/mol. The van der Waals surface area contributed by atoms with Crippen LogP contribution in [0.15, 0.2) is 0 Å². The van der Waals surface area contributed by atoms with Crippen LogP contribution < -0.4 is 121 Å². The van der Waals surface area contributed by atoms with Gasteiger partial charge in [0, 0.05) is 0 Å². The van der Waals surface area contributed by atoms with Crippen LogP contribution in [0, 0.1) is 0 Å². The van der Waals surface area contributed by atoms with Crippen molar-refractivity contribution in [3.8, 4) is 0 Å². The summed E-state index contributed by atoms with van der Waals surface area (Å²) in [5.41, 5.74) is 0. The second kappa shape index (κ2) is 124. The molecule has 24 nitrogen and oxygen atoms in total. The fourth-order valence-corrected chi connectivity index (χ4v) is 0. The fraction of sp³-hybridized carbons (Fsp3) is 0. The molecular formula is B8Ca12O24. The summed E-state index contributed by atoms with van der Waals surface area (Å²) in [6.45, 7) is 0. The molecule has 0 radical (unpaired) electrons. The summed E-state index contributed by atoms with van der Waals surface area (Å²) in [5, 5.41) is 202. The van der Waals surface area contributed by atoms with Crippen LogP contribution >= 0.6 is 0 Å². The van der Waals surface area contributed by atoms with Gasteiger partial charge in [-0.05, 0) is 0 Å². The molecule has 44 heavy (non-hydrogen) atoms. The maximum absolute atomic E-state index is 8.42. The van der Waals surface area contributed by atoms with Gasteiger partial charge in [0.1, 0.15) is 0 Å². The first-order valence-electron chi connectivity index (χ1n) is 5.66. The largest absolute Gasteiger partial charge is 2.00 e. The maximum atomic E-state index is 8.42. The molecule has 0 aromatic rings. The van der Waals surface area contributed by atoms with E-state index in [0.29, 0.717) is 0 Å². The quantitative estimate of drug-likeness (QED) is 0.203. The Balaban J connectivity index is -0.00000000800. The summed E-state index contributed by atoms with van der Waals surface area (Å²) < 4.78 is 0. The molecule has 0 spiro atoms. The minimum Gasteiger partial charge on any atom is -0.907 e. The third kappa shape index (κ3) is 816. The summed E-state index contributed by atoms with van der Waals surface area (Å²) in [4.78, 5) is 0. The summed E-state index contributed by atoms with van der Waals surface area (Å²) in [6.07, 6.45) is 0. The predicted octanol–water partition coefficient (Wildman–Crippen LogP) is -36.2. The number of hydrogen-bond acceptors (Lipinski definition) is 24. The molecule has 44 heteroatoms. The van der Waals surface area contributed by atoms with Gasteiger partial charge in [0.25, 0.3) is 0 Å². The minimum absolute atomic E-state index is 0. The molecule has 0 saturated carbocycles. The van der Waals surface area contributed by atoms with Crippen molar-refractivity contribution in [3.05, 3.63) is 0 Å². The van der Waals surface area contributed by atoms with Gasteiger partial charge in [0.15, 0.2) is 0 Å². The summed E-state index contributed by atoms with van der Waals surface area (Å²) in [7, 11) is -23.3. The van der Waals surface area contributed by atoms with Crippen molar-refractivity contribution >= 4 is 511 Å². The number of hydrogen-bond donors (Lipinski definition) is 0. The van der Waals surface area contributed by atoms with Crippen molar-refractivity contribution in [3.63, 3.8) is 0 Å². The second-order valence-corrected chi connectivity index (χ2v) is 2.31. The average Bonchev–Trinajstić information content (AvgIpc) is 2.30. The summed E-state index contributed by atoms with van der Waals surface area (Å²) in [6, 6.07) is 0. The first-order chi connectivity index (χ1) is 13.9. The zero-order valence-electron chi connectivity index (χ0n) is 22.9. The molecule has 0 unspecified atom stereocenters. The molecule has 0 fully saturated rings. The average molecular weight is 951 g/mol. The van der Waals surface area contributed by atoms with E-state index in [0.717, 1.165) is 0 Å². The Labute approximate surface area is 613 Å². The first kappa shape index (κ1) is 130. The minimum atomic E-state index is -2.92. The summed E-state index contributed by atoms with van der Waals surface area (Å²) in [5.74, 6) is 0. The van der Waals surface area contributed by atoms with E-state index < -0.39 is 58.6 Å². The van der Waals surface area contributed by atoms with E-state index in [1.807, 2.05) is 0 Å². The van der Waals surface area contributed by atoms with Crippen molar-refractivity contribution in [2.75, 3.05) is 0 Å². The van der Waals surface area contributed by atoms with Gasteiger partial charge in [-0.3, -0.25) is 58.6 Å². The van der Waals surface area contributed by atoms with Gasteiger partial charge in [0.05, 0.1) is 0 Å². The monoisotopic (exact) mass is 952 g/mol. The van der Waals surface area contributed by atoms with Gasteiger partial charge in [-0.15, -0.1) is 0 Å². The molecule has 0 amide bonds. The molecule has 0 saturated heterocycles. The molecule has 192 valence electrons. The Morgan fingerprint density at radius 2 is 0.114 bits per heavy atom. The molecule has 0 aliphatic carbocycles. The molecule has 0 heterocycles. The molecule has 0 aromatic carbocycles. The van der Waals surface area contributed by atoms with E-state index in [-0.39, 0.29) is 453 Å². The van der Waals surface area contributed by atoms with Crippen molar-refractivity contribution in [2.24, 2.45) is 0 Å². The van der Waals surface area contributed by atoms with Crippen molar-refractivity contribution in [1.29, 1.82) is 0 Å². The molecule has 0 aromatic heterocycles. The fourth-order valence-electron chi connectivity index (χ4n) is 0. The molecule has 0 bridgehead atoms. The Hall–Kier alpha value is 14.7. The summed E-state index contributed by atoms with van der Waals surface area (Å²) >= 11 is 0. The van der Waals surface area contributed by atoms with Gasteiger partial charge >= 0.3 is 453 Å². The smallest absolute Gasteiger partial charge is 0.907 e. The molecule has 0 aliphatic rings. The van der Waals surface area contributed by atoms with Gasteiger partial charge in [-0.1, -0.05) is 0 Å². The van der Waals surface area contributed by atoms with Crippen molar-refractivity contribution in [2.45, 2.75) is 0 Å². The van der Waals surface area contributed by atoms with Crippen molar-refractivity contribution < 1.29 is 121 Å². The van der Waals surface area contributed by atoms with E-state index in [2.05, 4.69) is 0 Å². The van der Waals surface area contributed by atoms with E-state index in [4.69, 9.17) is 121 Å². The van der Waals surface area contributed by atoms with Crippen LogP contribution in [0.4, 0.5) is 0 Å². The normalized spacial score (nSPS) is 4.91. The molecule has 0 aliphatic heterocycles. The zero-order chi connectivity index (χ0) is 28.6.